The molecule has 2 aromatic rings. The van der Waals surface area contributed by atoms with Gasteiger partial charge in [0.2, 0.25) is 0 Å². The number of benzene rings is 2. The number of carbonyl (C=O) groups is 1. The number of urea groups is 1. The molecular weight excluding hydrogens is 368 g/mol. The minimum atomic E-state index is -0.267. The topological polar surface area (TPSA) is 68.8 Å². The van der Waals surface area contributed by atoms with Crippen molar-refractivity contribution in [3.8, 4) is 17.2 Å². The van der Waals surface area contributed by atoms with E-state index < -0.39 is 0 Å². The van der Waals surface area contributed by atoms with E-state index in [4.69, 9.17) is 25.8 Å². The Bertz CT molecular complexity index is 811. The monoisotopic (exact) mass is 390 g/mol. The van der Waals surface area contributed by atoms with E-state index in [1.54, 1.807) is 6.07 Å². The van der Waals surface area contributed by atoms with Gasteiger partial charge < -0.3 is 24.8 Å². The molecule has 0 unspecified atom stereocenters. The zero-order chi connectivity index (χ0) is 19.2. The normalized spacial score (nSPS) is 12.6. The maximum atomic E-state index is 12.1. The molecule has 0 atom stereocenters. The van der Waals surface area contributed by atoms with Crippen molar-refractivity contribution in [3.05, 3.63) is 52.5 Å². The van der Waals surface area contributed by atoms with Crippen LogP contribution in [-0.2, 0) is 13.1 Å². The second-order valence-corrected chi connectivity index (χ2v) is 6.86. The van der Waals surface area contributed by atoms with E-state index in [0.29, 0.717) is 42.8 Å². The van der Waals surface area contributed by atoms with Crippen molar-refractivity contribution in [2.45, 2.75) is 33.0 Å². The lowest BCUT2D eigenvalue weighted by molar-refractivity contribution is 0.171. The van der Waals surface area contributed by atoms with E-state index in [9.17, 15) is 4.79 Å². The van der Waals surface area contributed by atoms with Gasteiger partial charge in [0.1, 0.15) is 19.0 Å². The van der Waals surface area contributed by atoms with Crippen molar-refractivity contribution in [1.82, 2.24) is 10.6 Å². The highest BCUT2D eigenvalue weighted by atomic mass is 35.5. The molecule has 1 aliphatic rings. The number of nitrogens with one attached hydrogen (secondary N) is 2. The summed E-state index contributed by atoms with van der Waals surface area (Å²) in [6.45, 7) is 5.66. The van der Waals surface area contributed by atoms with Crippen LogP contribution in [0.4, 0.5) is 4.79 Å². The summed E-state index contributed by atoms with van der Waals surface area (Å²) in [5.41, 5.74) is 1.80. The van der Waals surface area contributed by atoms with Crippen LogP contribution in [0.3, 0.4) is 0 Å². The summed E-state index contributed by atoms with van der Waals surface area (Å²) in [6.07, 6.45) is 0.106. The standard InChI is InChI=1S/C20H23ClN2O4/c1-13(2)27-16-5-3-4-14(8-16)11-22-20(24)23-12-15-9-17(21)19-18(10-15)25-6-7-26-19/h3-5,8-10,13H,6-7,11-12H2,1-2H3,(H2,22,23,24). The van der Waals surface area contributed by atoms with Crippen molar-refractivity contribution in [2.75, 3.05) is 13.2 Å². The van der Waals surface area contributed by atoms with Gasteiger partial charge in [0.05, 0.1) is 11.1 Å². The fraction of sp³-hybridized carbons (Fsp3) is 0.350. The van der Waals surface area contributed by atoms with Gasteiger partial charge in [0.15, 0.2) is 11.5 Å². The summed E-state index contributed by atoms with van der Waals surface area (Å²) in [5.74, 6) is 1.95. The number of halogens is 1. The summed E-state index contributed by atoms with van der Waals surface area (Å²) < 4.78 is 16.7. The van der Waals surface area contributed by atoms with Crippen LogP contribution in [0.5, 0.6) is 17.2 Å². The predicted molar refractivity (Wildman–Crippen MR) is 104 cm³/mol. The summed E-state index contributed by atoms with van der Waals surface area (Å²) in [7, 11) is 0. The van der Waals surface area contributed by atoms with Crippen LogP contribution < -0.4 is 24.8 Å². The molecule has 3 rings (SSSR count). The molecule has 0 fully saturated rings. The van der Waals surface area contributed by atoms with Crippen LogP contribution in [0.25, 0.3) is 0 Å². The van der Waals surface area contributed by atoms with Gasteiger partial charge in [-0.05, 0) is 49.2 Å². The Balaban J connectivity index is 1.51. The third kappa shape index (κ3) is 5.44. The molecule has 6 nitrogen and oxygen atoms in total. The Morgan fingerprint density at radius 1 is 1.11 bits per heavy atom. The van der Waals surface area contributed by atoms with Crippen LogP contribution >= 0.6 is 11.6 Å². The van der Waals surface area contributed by atoms with Crippen LogP contribution in [0.15, 0.2) is 36.4 Å². The van der Waals surface area contributed by atoms with Gasteiger partial charge in [-0.1, -0.05) is 23.7 Å². The maximum absolute atomic E-state index is 12.1. The lowest BCUT2D eigenvalue weighted by atomic mass is 10.2. The molecule has 0 saturated heterocycles. The van der Waals surface area contributed by atoms with Crippen molar-refractivity contribution in [3.63, 3.8) is 0 Å². The van der Waals surface area contributed by atoms with Gasteiger partial charge in [0, 0.05) is 13.1 Å². The van der Waals surface area contributed by atoms with E-state index in [1.165, 1.54) is 0 Å². The van der Waals surface area contributed by atoms with Crippen molar-refractivity contribution in [2.24, 2.45) is 0 Å². The van der Waals surface area contributed by atoms with E-state index >= 15 is 0 Å². The Hall–Kier alpha value is -2.60. The molecule has 144 valence electrons. The molecule has 2 N–H and O–H groups in total. The third-order valence-corrected chi connectivity index (χ3v) is 4.11. The predicted octanol–water partition coefficient (Wildman–Crippen LogP) is 3.90. The van der Waals surface area contributed by atoms with Crippen molar-refractivity contribution >= 4 is 17.6 Å². The van der Waals surface area contributed by atoms with Gasteiger partial charge in [-0.25, -0.2) is 4.79 Å². The van der Waals surface area contributed by atoms with Crippen LogP contribution in [0, 0.1) is 0 Å². The number of ether oxygens (including phenoxy) is 3. The minimum Gasteiger partial charge on any atom is -0.491 e. The molecule has 0 bridgehead atoms. The minimum absolute atomic E-state index is 0.106. The molecular formula is C20H23ClN2O4. The lowest BCUT2D eigenvalue weighted by Crippen LogP contribution is -2.34. The van der Waals surface area contributed by atoms with E-state index in [1.807, 2.05) is 44.2 Å². The molecule has 0 aromatic heterocycles. The number of hydrogen-bond donors (Lipinski definition) is 2. The largest absolute Gasteiger partial charge is 0.491 e. The quantitative estimate of drug-likeness (QED) is 0.785. The Kier molecular flexibility index (Phi) is 6.29. The molecule has 0 saturated carbocycles. The zero-order valence-electron chi connectivity index (χ0n) is 15.4. The summed E-state index contributed by atoms with van der Waals surface area (Å²) in [6, 6.07) is 11.0. The average molecular weight is 391 g/mol. The SMILES string of the molecule is CC(C)Oc1cccc(CNC(=O)NCc2cc(Cl)c3c(c2)OCCO3)c1. The third-order valence-electron chi connectivity index (χ3n) is 3.83. The average Bonchev–Trinajstić information content (AvgIpc) is 2.64. The molecule has 27 heavy (non-hydrogen) atoms. The maximum Gasteiger partial charge on any atom is 0.315 e. The van der Waals surface area contributed by atoms with E-state index in [0.717, 1.165) is 16.9 Å². The summed E-state index contributed by atoms with van der Waals surface area (Å²) in [4.78, 5) is 12.1. The smallest absolute Gasteiger partial charge is 0.315 e. The van der Waals surface area contributed by atoms with Gasteiger partial charge in [-0.15, -0.1) is 0 Å². The highest BCUT2D eigenvalue weighted by molar-refractivity contribution is 6.32. The first kappa shape index (κ1) is 19.2. The van der Waals surface area contributed by atoms with Crippen molar-refractivity contribution < 1.29 is 19.0 Å². The molecule has 0 radical (unpaired) electrons. The van der Waals surface area contributed by atoms with Crippen LogP contribution in [0.1, 0.15) is 25.0 Å². The number of rotatable bonds is 6. The number of amides is 2. The molecule has 7 heteroatoms. The number of hydrogen-bond acceptors (Lipinski definition) is 4. The molecule has 1 aliphatic heterocycles. The molecule has 0 spiro atoms. The van der Waals surface area contributed by atoms with E-state index in [-0.39, 0.29) is 12.1 Å². The summed E-state index contributed by atoms with van der Waals surface area (Å²) in [5, 5.41) is 6.12. The highest BCUT2D eigenvalue weighted by Crippen LogP contribution is 2.38. The first-order valence-corrected chi connectivity index (χ1v) is 9.24. The van der Waals surface area contributed by atoms with Crippen molar-refractivity contribution in [1.29, 1.82) is 0 Å². The number of fused-ring (bicyclic) bond motifs is 1. The zero-order valence-corrected chi connectivity index (χ0v) is 16.1. The lowest BCUT2D eigenvalue weighted by Gasteiger charge is -2.20. The van der Waals surface area contributed by atoms with Gasteiger partial charge in [-0.2, -0.15) is 0 Å². The second-order valence-electron chi connectivity index (χ2n) is 6.45. The molecule has 0 aliphatic carbocycles. The molecule has 1 heterocycles. The fourth-order valence-corrected chi connectivity index (χ4v) is 2.98. The summed E-state index contributed by atoms with van der Waals surface area (Å²) >= 11 is 6.21. The molecule has 2 amide bonds. The fourth-order valence-electron chi connectivity index (χ4n) is 2.69. The second kappa shape index (κ2) is 8.86. The highest BCUT2D eigenvalue weighted by Gasteiger charge is 2.16. The van der Waals surface area contributed by atoms with Gasteiger partial charge in [0.25, 0.3) is 0 Å². The van der Waals surface area contributed by atoms with Crippen LogP contribution in [0.2, 0.25) is 5.02 Å². The van der Waals surface area contributed by atoms with E-state index in [2.05, 4.69) is 10.6 Å². The van der Waals surface area contributed by atoms with Crippen LogP contribution in [-0.4, -0.2) is 25.3 Å². The first-order valence-electron chi connectivity index (χ1n) is 8.86. The van der Waals surface area contributed by atoms with Gasteiger partial charge in [-0.3, -0.25) is 0 Å². The molecule has 2 aromatic carbocycles. The Labute approximate surface area is 163 Å². The Morgan fingerprint density at radius 3 is 2.63 bits per heavy atom. The van der Waals surface area contributed by atoms with Gasteiger partial charge >= 0.3 is 6.03 Å². The first-order chi connectivity index (χ1) is 13.0. The Morgan fingerprint density at radius 2 is 1.85 bits per heavy atom. The number of carbonyl (C=O) groups excluding carboxylic acids is 1.